The van der Waals surface area contributed by atoms with Gasteiger partial charge in [-0.3, -0.25) is 4.99 Å². The van der Waals surface area contributed by atoms with Crippen LogP contribution in [0.5, 0.6) is 5.75 Å². The molecule has 1 N–H and O–H groups in total. The lowest BCUT2D eigenvalue weighted by Gasteiger charge is -2.25. The minimum Gasteiger partial charge on any atom is -0.496 e. The molecule has 0 aromatic heterocycles. The molecule has 1 aliphatic rings. The number of guanidine groups is 1. The lowest BCUT2D eigenvalue weighted by Crippen LogP contribution is -2.41. The molecular weight excluding hydrogens is 302 g/mol. The van der Waals surface area contributed by atoms with E-state index in [2.05, 4.69) is 28.3 Å². The maximum atomic E-state index is 5.51. The van der Waals surface area contributed by atoms with Gasteiger partial charge >= 0.3 is 0 Å². The minimum absolute atomic E-state index is 0.399. The fraction of sp³-hybridized carbons (Fsp3) is 0.632. The number of ether oxygens (including phenoxy) is 2. The van der Waals surface area contributed by atoms with Gasteiger partial charge in [0.2, 0.25) is 0 Å². The largest absolute Gasteiger partial charge is 0.496 e. The lowest BCUT2D eigenvalue weighted by atomic mass is 10.0. The molecule has 0 unspecified atom stereocenters. The molecule has 5 nitrogen and oxygen atoms in total. The van der Waals surface area contributed by atoms with Crippen molar-refractivity contribution in [3.63, 3.8) is 0 Å². The Bertz CT molecular complexity index is 541. The Hall–Kier alpha value is -1.75. The Morgan fingerprint density at radius 2 is 2.08 bits per heavy atom. The Morgan fingerprint density at radius 3 is 2.71 bits per heavy atom. The van der Waals surface area contributed by atoms with E-state index in [1.54, 1.807) is 7.11 Å². The van der Waals surface area contributed by atoms with Gasteiger partial charge in [-0.15, -0.1) is 0 Å². The van der Waals surface area contributed by atoms with Crippen LogP contribution in [-0.4, -0.2) is 51.8 Å². The van der Waals surface area contributed by atoms with Gasteiger partial charge in [0.05, 0.1) is 7.11 Å². The van der Waals surface area contributed by atoms with Crippen LogP contribution in [0.15, 0.2) is 29.3 Å². The second kappa shape index (κ2) is 8.92. The van der Waals surface area contributed by atoms with Gasteiger partial charge in [0.1, 0.15) is 5.75 Å². The topological polar surface area (TPSA) is 46.1 Å². The highest BCUT2D eigenvalue weighted by Gasteiger charge is 2.42. The number of hydrogen-bond donors (Lipinski definition) is 1. The van der Waals surface area contributed by atoms with E-state index in [1.807, 2.05) is 32.2 Å². The molecule has 2 rings (SSSR count). The second-order valence-electron chi connectivity index (χ2n) is 6.52. The number of rotatable bonds is 9. The van der Waals surface area contributed by atoms with Gasteiger partial charge in [-0.25, -0.2) is 0 Å². The summed E-state index contributed by atoms with van der Waals surface area (Å²) < 4.78 is 11.0. The lowest BCUT2D eigenvalue weighted by molar-refractivity contribution is 0.128. The van der Waals surface area contributed by atoms with Crippen LogP contribution in [-0.2, 0) is 11.3 Å². The molecule has 0 bridgehead atoms. The third-order valence-corrected chi connectivity index (χ3v) is 4.73. The Kier molecular flexibility index (Phi) is 6.91. The highest BCUT2D eigenvalue weighted by atomic mass is 16.5. The molecule has 1 aromatic carbocycles. The SMILES string of the molecule is CCOCCC1(CNC(=NC)N(C)Cc2ccccc2OC)CC1. The van der Waals surface area contributed by atoms with Crippen molar-refractivity contribution in [2.45, 2.75) is 32.7 Å². The first-order chi connectivity index (χ1) is 11.6. The van der Waals surface area contributed by atoms with E-state index in [0.29, 0.717) is 5.41 Å². The number of hydrogen-bond acceptors (Lipinski definition) is 3. The van der Waals surface area contributed by atoms with Crippen LogP contribution in [0.25, 0.3) is 0 Å². The zero-order valence-electron chi connectivity index (χ0n) is 15.5. The highest BCUT2D eigenvalue weighted by molar-refractivity contribution is 5.79. The third-order valence-electron chi connectivity index (χ3n) is 4.73. The average Bonchev–Trinajstić information content (AvgIpc) is 3.36. The smallest absolute Gasteiger partial charge is 0.193 e. The van der Waals surface area contributed by atoms with Crippen LogP contribution in [0.4, 0.5) is 0 Å². The average molecular weight is 333 g/mol. The molecule has 0 radical (unpaired) electrons. The van der Waals surface area contributed by atoms with E-state index in [9.17, 15) is 0 Å². The molecule has 0 aliphatic heterocycles. The van der Waals surface area contributed by atoms with Crippen molar-refractivity contribution in [3.05, 3.63) is 29.8 Å². The van der Waals surface area contributed by atoms with E-state index in [4.69, 9.17) is 9.47 Å². The summed E-state index contributed by atoms with van der Waals surface area (Å²) in [5, 5.41) is 3.54. The van der Waals surface area contributed by atoms with Gasteiger partial charge in [-0.05, 0) is 37.7 Å². The quantitative estimate of drug-likeness (QED) is 0.429. The van der Waals surface area contributed by atoms with Crippen LogP contribution in [0.1, 0.15) is 31.7 Å². The summed E-state index contributed by atoms with van der Waals surface area (Å²) >= 11 is 0. The van der Waals surface area contributed by atoms with E-state index < -0.39 is 0 Å². The van der Waals surface area contributed by atoms with Gasteiger partial charge in [-0.2, -0.15) is 0 Å². The minimum atomic E-state index is 0.399. The molecule has 24 heavy (non-hydrogen) atoms. The van der Waals surface area contributed by atoms with Crippen molar-refractivity contribution in [2.75, 3.05) is 41.0 Å². The van der Waals surface area contributed by atoms with Gasteiger partial charge in [-0.1, -0.05) is 18.2 Å². The van der Waals surface area contributed by atoms with Crippen LogP contribution in [0, 0.1) is 5.41 Å². The van der Waals surface area contributed by atoms with E-state index in [0.717, 1.165) is 50.0 Å². The van der Waals surface area contributed by atoms with E-state index in [1.165, 1.54) is 12.8 Å². The van der Waals surface area contributed by atoms with Gasteiger partial charge in [0.25, 0.3) is 0 Å². The van der Waals surface area contributed by atoms with Crippen LogP contribution in [0.2, 0.25) is 0 Å². The van der Waals surface area contributed by atoms with Gasteiger partial charge in [0, 0.05) is 46.0 Å². The molecule has 0 amide bonds. The molecule has 1 aliphatic carbocycles. The van der Waals surface area contributed by atoms with E-state index >= 15 is 0 Å². The Morgan fingerprint density at radius 1 is 1.33 bits per heavy atom. The predicted octanol–water partition coefficient (Wildman–Crippen LogP) is 2.91. The number of methoxy groups -OCH3 is 1. The Labute approximate surface area is 146 Å². The summed E-state index contributed by atoms with van der Waals surface area (Å²) in [4.78, 5) is 6.56. The normalized spacial score (nSPS) is 15.9. The summed E-state index contributed by atoms with van der Waals surface area (Å²) in [5.74, 6) is 1.83. The molecular formula is C19H31N3O2. The van der Waals surface area contributed by atoms with E-state index in [-0.39, 0.29) is 0 Å². The number of nitrogens with one attached hydrogen (secondary N) is 1. The standard InChI is InChI=1S/C19H31N3O2/c1-5-24-13-12-19(10-11-19)15-21-18(20-2)22(3)14-16-8-6-7-9-17(16)23-4/h6-9H,5,10-15H2,1-4H3,(H,20,21). The van der Waals surface area contributed by atoms with Crippen LogP contribution >= 0.6 is 0 Å². The van der Waals surface area contributed by atoms with Crippen LogP contribution in [0.3, 0.4) is 0 Å². The zero-order chi connectivity index (χ0) is 17.4. The fourth-order valence-electron chi connectivity index (χ4n) is 2.94. The molecule has 1 aromatic rings. The number of aliphatic imine (C=N–C) groups is 1. The van der Waals surface area contributed by atoms with Crippen LogP contribution < -0.4 is 10.1 Å². The first-order valence-electron chi connectivity index (χ1n) is 8.75. The molecule has 0 atom stereocenters. The molecule has 0 spiro atoms. The fourth-order valence-corrected chi connectivity index (χ4v) is 2.94. The molecule has 1 saturated carbocycles. The first kappa shape index (κ1) is 18.6. The van der Waals surface area contributed by atoms with Crippen molar-refractivity contribution in [2.24, 2.45) is 10.4 Å². The van der Waals surface area contributed by atoms with Crippen molar-refractivity contribution in [3.8, 4) is 5.75 Å². The summed E-state index contributed by atoms with van der Waals surface area (Å²) in [7, 11) is 5.60. The maximum Gasteiger partial charge on any atom is 0.193 e. The molecule has 1 fully saturated rings. The second-order valence-corrected chi connectivity index (χ2v) is 6.52. The monoisotopic (exact) mass is 333 g/mol. The predicted molar refractivity (Wildman–Crippen MR) is 98.6 cm³/mol. The third kappa shape index (κ3) is 5.13. The zero-order valence-corrected chi connectivity index (χ0v) is 15.5. The summed E-state index contributed by atoms with van der Waals surface area (Å²) in [6.45, 7) is 5.42. The molecule has 134 valence electrons. The van der Waals surface area contributed by atoms with Crippen molar-refractivity contribution in [1.29, 1.82) is 0 Å². The van der Waals surface area contributed by atoms with Crippen molar-refractivity contribution in [1.82, 2.24) is 10.2 Å². The first-order valence-corrected chi connectivity index (χ1v) is 8.75. The molecule has 5 heteroatoms. The summed E-state index contributed by atoms with van der Waals surface area (Å²) in [5.41, 5.74) is 1.55. The summed E-state index contributed by atoms with van der Waals surface area (Å²) in [6.07, 6.45) is 3.68. The number of nitrogens with zero attached hydrogens (tertiary/aromatic N) is 2. The number of benzene rings is 1. The Balaban J connectivity index is 1.87. The summed E-state index contributed by atoms with van der Waals surface area (Å²) in [6, 6.07) is 8.11. The van der Waals surface area contributed by atoms with Crippen molar-refractivity contribution < 1.29 is 9.47 Å². The van der Waals surface area contributed by atoms with Gasteiger partial charge < -0.3 is 19.7 Å². The highest BCUT2D eigenvalue weighted by Crippen LogP contribution is 2.48. The van der Waals surface area contributed by atoms with Gasteiger partial charge in [0.15, 0.2) is 5.96 Å². The van der Waals surface area contributed by atoms with Crippen molar-refractivity contribution >= 4 is 5.96 Å². The maximum absolute atomic E-state index is 5.51. The molecule has 0 heterocycles. The molecule has 0 saturated heterocycles. The number of para-hydroxylation sites is 1.